The zero-order valence-electron chi connectivity index (χ0n) is 17.8. The smallest absolute Gasteiger partial charge is 0.309 e. The van der Waals surface area contributed by atoms with Gasteiger partial charge in [0, 0.05) is 50.0 Å². The van der Waals surface area contributed by atoms with Crippen molar-refractivity contribution in [3.63, 3.8) is 0 Å². The summed E-state index contributed by atoms with van der Waals surface area (Å²) in [5.74, 6) is -0.357. The summed E-state index contributed by atoms with van der Waals surface area (Å²) in [5, 5.41) is 5.94. The van der Waals surface area contributed by atoms with Crippen LogP contribution in [0.2, 0.25) is 5.02 Å². The van der Waals surface area contributed by atoms with Crippen LogP contribution in [0.5, 0.6) is 5.75 Å². The number of amides is 2. The average Bonchev–Trinajstić information content (AvgIpc) is 2.81. The number of carbonyl (C=O) groups excluding carboxylic acids is 2. The van der Waals surface area contributed by atoms with Crippen molar-refractivity contribution in [2.24, 2.45) is 0 Å². The van der Waals surface area contributed by atoms with Gasteiger partial charge in [0.15, 0.2) is 0 Å². The van der Waals surface area contributed by atoms with E-state index in [1.807, 2.05) is 24.3 Å². The molecular weight excluding hydrogens is 416 g/mol. The Morgan fingerprint density at radius 2 is 1.58 bits per heavy atom. The van der Waals surface area contributed by atoms with Gasteiger partial charge in [-0.05, 0) is 54.9 Å². The Labute approximate surface area is 188 Å². The van der Waals surface area contributed by atoms with E-state index in [1.54, 1.807) is 19.2 Å². The van der Waals surface area contributed by atoms with E-state index in [-0.39, 0.29) is 0 Å². The van der Waals surface area contributed by atoms with Crippen LogP contribution in [0.3, 0.4) is 0 Å². The number of halogens is 1. The third-order valence-electron chi connectivity index (χ3n) is 5.32. The lowest BCUT2D eigenvalue weighted by molar-refractivity contribution is -0.139. The van der Waals surface area contributed by atoms with Crippen molar-refractivity contribution in [1.29, 1.82) is 0 Å². The lowest BCUT2D eigenvalue weighted by atomic mass is 10.2. The molecule has 0 saturated carbocycles. The van der Waals surface area contributed by atoms with Crippen molar-refractivity contribution >= 4 is 29.1 Å². The highest BCUT2D eigenvalue weighted by Gasteiger charge is 2.17. The maximum Gasteiger partial charge on any atom is 0.309 e. The van der Waals surface area contributed by atoms with Gasteiger partial charge in [0.2, 0.25) is 0 Å². The first kappa shape index (κ1) is 22.9. The summed E-state index contributed by atoms with van der Waals surface area (Å²) >= 11 is 5.84. The van der Waals surface area contributed by atoms with E-state index in [0.717, 1.165) is 50.5 Å². The largest absolute Gasteiger partial charge is 0.497 e. The molecule has 0 aromatic heterocycles. The van der Waals surface area contributed by atoms with E-state index in [9.17, 15) is 9.59 Å². The van der Waals surface area contributed by atoms with Crippen LogP contribution in [0.25, 0.3) is 0 Å². The summed E-state index contributed by atoms with van der Waals surface area (Å²) in [6.45, 7) is 5.54. The SMILES string of the molecule is COc1ccc(N2CCN(CCCNC(=O)C(=O)NCc3ccc(Cl)cc3)CC2)cc1. The highest BCUT2D eigenvalue weighted by atomic mass is 35.5. The minimum absolute atomic E-state index is 0.294. The fourth-order valence-electron chi connectivity index (χ4n) is 3.47. The number of benzene rings is 2. The molecule has 1 heterocycles. The van der Waals surface area contributed by atoms with Gasteiger partial charge in [-0.2, -0.15) is 0 Å². The van der Waals surface area contributed by atoms with Gasteiger partial charge in [-0.25, -0.2) is 0 Å². The van der Waals surface area contributed by atoms with Crippen molar-refractivity contribution in [2.75, 3.05) is 51.3 Å². The van der Waals surface area contributed by atoms with E-state index in [4.69, 9.17) is 16.3 Å². The van der Waals surface area contributed by atoms with Gasteiger partial charge in [-0.15, -0.1) is 0 Å². The van der Waals surface area contributed by atoms with Gasteiger partial charge < -0.3 is 20.3 Å². The molecule has 0 unspecified atom stereocenters. The Morgan fingerprint density at radius 1 is 0.935 bits per heavy atom. The lowest BCUT2D eigenvalue weighted by Crippen LogP contribution is -2.47. The van der Waals surface area contributed by atoms with E-state index >= 15 is 0 Å². The lowest BCUT2D eigenvalue weighted by Gasteiger charge is -2.36. The fraction of sp³-hybridized carbons (Fsp3) is 0.391. The molecule has 2 amide bonds. The summed E-state index contributed by atoms with van der Waals surface area (Å²) in [7, 11) is 1.67. The van der Waals surface area contributed by atoms with Crippen LogP contribution in [0, 0.1) is 0 Å². The molecule has 0 aliphatic carbocycles. The van der Waals surface area contributed by atoms with Crippen LogP contribution in [-0.4, -0.2) is 63.1 Å². The molecule has 3 rings (SSSR count). The summed E-state index contributed by atoms with van der Waals surface area (Å²) in [6.07, 6.45) is 0.804. The number of piperazine rings is 1. The molecule has 166 valence electrons. The number of ether oxygens (including phenoxy) is 1. The number of nitrogens with zero attached hydrogens (tertiary/aromatic N) is 2. The van der Waals surface area contributed by atoms with E-state index in [0.29, 0.717) is 18.1 Å². The van der Waals surface area contributed by atoms with E-state index < -0.39 is 11.8 Å². The molecule has 1 fully saturated rings. The minimum Gasteiger partial charge on any atom is -0.497 e. The van der Waals surface area contributed by atoms with Gasteiger partial charge in [-0.3, -0.25) is 14.5 Å². The topological polar surface area (TPSA) is 73.9 Å². The molecule has 8 heteroatoms. The highest BCUT2D eigenvalue weighted by Crippen LogP contribution is 2.20. The highest BCUT2D eigenvalue weighted by molar-refractivity contribution is 6.35. The zero-order chi connectivity index (χ0) is 22.1. The van der Waals surface area contributed by atoms with Gasteiger partial charge in [0.25, 0.3) is 0 Å². The van der Waals surface area contributed by atoms with Crippen molar-refractivity contribution in [1.82, 2.24) is 15.5 Å². The monoisotopic (exact) mass is 444 g/mol. The number of methoxy groups -OCH3 is 1. The number of rotatable bonds is 8. The van der Waals surface area contributed by atoms with Gasteiger partial charge in [0.1, 0.15) is 5.75 Å². The molecule has 0 bridgehead atoms. The fourth-order valence-corrected chi connectivity index (χ4v) is 3.60. The number of hydrogen-bond acceptors (Lipinski definition) is 5. The summed E-state index contributed by atoms with van der Waals surface area (Å²) in [5.41, 5.74) is 2.09. The van der Waals surface area contributed by atoms with Crippen LogP contribution < -0.4 is 20.3 Å². The standard InChI is InChI=1S/C23H29ClN4O3/c1-31-21-9-7-20(8-10-21)28-15-13-27(14-16-28)12-2-11-25-22(29)23(30)26-17-18-3-5-19(24)6-4-18/h3-10H,2,11-17H2,1H3,(H,25,29)(H,26,30). The molecule has 1 saturated heterocycles. The number of nitrogens with one attached hydrogen (secondary N) is 2. The molecule has 2 aromatic carbocycles. The Hall–Kier alpha value is -2.77. The molecule has 2 N–H and O–H groups in total. The van der Waals surface area contributed by atoms with E-state index in [2.05, 4.69) is 32.6 Å². The second-order valence-corrected chi connectivity index (χ2v) is 7.88. The molecule has 1 aliphatic heterocycles. The number of hydrogen-bond donors (Lipinski definition) is 2. The number of anilines is 1. The zero-order valence-corrected chi connectivity index (χ0v) is 18.5. The third kappa shape index (κ3) is 7.15. The van der Waals surface area contributed by atoms with Crippen molar-refractivity contribution in [3.05, 3.63) is 59.1 Å². The van der Waals surface area contributed by atoms with Crippen molar-refractivity contribution in [2.45, 2.75) is 13.0 Å². The summed E-state index contributed by atoms with van der Waals surface area (Å²) < 4.78 is 5.21. The third-order valence-corrected chi connectivity index (χ3v) is 5.57. The second-order valence-electron chi connectivity index (χ2n) is 7.45. The number of carbonyl (C=O) groups is 2. The van der Waals surface area contributed by atoms with Crippen LogP contribution in [-0.2, 0) is 16.1 Å². The van der Waals surface area contributed by atoms with Gasteiger partial charge >= 0.3 is 11.8 Å². The normalized spacial score (nSPS) is 14.2. The quantitative estimate of drug-likeness (QED) is 0.482. The average molecular weight is 445 g/mol. The van der Waals surface area contributed by atoms with Gasteiger partial charge in [0.05, 0.1) is 7.11 Å². The Bertz CT molecular complexity index is 850. The van der Waals surface area contributed by atoms with E-state index in [1.165, 1.54) is 5.69 Å². The molecule has 2 aromatic rings. The van der Waals surface area contributed by atoms with Crippen LogP contribution in [0.4, 0.5) is 5.69 Å². The molecule has 0 radical (unpaired) electrons. The summed E-state index contributed by atoms with van der Waals surface area (Å²) in [6, 6.07) is 15.3. The minimum atomic E-state index is -0.622. The van der Waals surface area contributed by atoms with Crippen molar-refractivity contribution < 1.29 is 14.3 Å². The summed E-state index contributed by atoms with van der Waals surface area (Å²) in [4.78, 5) is 28.6. The second kappa shape index (κ2) is 11.6. The van der Waals surface area contributed by atoms with Crippen LogP contribution in [0.15, 0.2) is 48.5 Å². The Balaban J connectivity index is 1.28. The maximum absolute atomic E-state index is 11.9. The van der Waals surface area contributed by atoms with Crippen LogP contribution >= 0.6 is 11.6 Å². The first-order valence-electron chi connectivity index (χ1n) is 10.5. The molecular formula is C23H29ClN4O3. The molecule has 31 heavy (non-hydrogen) atoms. The van der Waals surface area contributed by atoms with Crippen LogP contribution in [0.1, 0.15) is 12.0 Å². The predicted octanol–water partition coefficient (Wildman–Crippen LogP) is 2.29. The first-order valence-corrected chi connectivity index (χ1v) is 10.8. The predicted molar refractivity (Wildman–Crippen MR) is 123 cm³/mol. The molecule has 0 spiro atoms. The molecule has 7 nitrogen and oxygen atoms in total. The Kier molecular flexibility index (Phi) is 8.55. The first-order chi connectivity index (χ1) is 15.0. The maximum atomic E-state index is 11.9. The molecule has 1 aliphatic rings. The van der Waals surface area contributed by atoms with Crippen molar-refractivity contribution in [3.8, 4) is 5.75 Å². The molecule has 0 atom stereocenters. The van der Waals surface area contributed by atoms with Gasteiger partial charge in [-0.1, -0.05) is 23.7 Å². The Morgan fingerprint density at radius 3 is 2.23 bits per heavy atom.